The molecule has 0 spiro atoms. The van der Waals surface area contributed by atoms with Crippen LogP contribution in [0.5, 0.6) is 0 Å². The molecule has 1 aromatic rings. The summed E-state index contributed by atoms with van der Waals surface area (Å²) in [5.41, 5.74) is 0.428. The van der Waals surface area contributed by atoms with E-state index in [-0.39, 0.29) is 6.61 Å². The molecule has 0 saturated heterocycles. The van der Waals surface area contributed by atoms with Gasteiger partial charge >= 0.3 is 5.97 Å². The molecule has 6 heteroatoms. The molecule has 3 N–H and O–H groups in total. The molecule has 0 aliphatic heterocycles. The van der Waals surface area contributed by atoms with E-state index in [0.717, 1.165) is 6.92 Å². The van der Waals surface area contributed by atoms with Crippen molar-refractivity contribution in [1.82, 2.24) is 0 Å². The lowest BCUT2D eigenvalue weighted by Crippen LogP contribution is -2.21. The Kier molecular flexibility index (Phi) is 8.17. The number of aliphatic carboxylic acids is 1. The van der Waals surface area contributed by atoms with Crippen LogP contribution in [0.1, 0.15) is 17.3 Å². The summed E-state index contributed by atoms with van der Waals surface area (Å²) in [6, 6.07) is 8.47. The van der Waals surface area contributed by atoms with Gasteiger partial charge in [0.1, 0.15) is 12.7 Å². The third-order valence-electron chi connectivity index (χ3n) is 1.63. The van der Waals surface area contributed by atoms with Crippen LogP contribution < -0.4 is 0 Å². The first-order valence-electron chi connectivity index (χ1n) is 5.18. The van der Waals surface area contributed by atoms with Crippen LogP contribution in [0, 0.1) is 0 Å². The molecule has 0 aliphatic carbocycles. The number of hydrogen-bond acceptors (Lipinski definition) is 5. The minimum absolute atomic E-state index is 0.190. The van der Waals surface area contributed by atoms with E-state index in [9.17, 15) is 4.79 Å². The second kappa shape index (κ2) is 9.15. The Morgan fingerprint density at radius 3 is 2.22 bits per heavy atom. The highest BCUT2D eigenvalue weighted by Crippen LogP contribution is 2.01. The maximum atomic E-state index is 11.3. The summed E-state index contributed by atoms with van der Waals surface area (Å²) in [6.45, 7) is 0.478. The molecule has 0 aromatic heterocycles. The monoisotopic (exact) mass is 256 g/mol. The summed E-state index contributed by atoms with van der Waals surface area (Å²) >= 11 is 0. The van der Waals surface area contributed by atoms with E-state index in [4.69, 9.17) is 24.9 Å². The van der Waals surface area contributed by atoms with E-state index in [2.05, 4.69) is 0 Å². The molecule has 0 bridgehead atoms. The molecule has 0 fully saturated rings. The molecule has 18 heavy (non-hydrogen) atoms. The second-order valence-corrected chi connectivity index (χ2v) is 3.32. The Morgan fingerprint density at radius 1 is 1.28 bits per heavy atom. The average molecular weight is 256 g/mol. The molecule has 1 aromatic carbocycles. The van der Waals surface area contributed by atoms with Gasteiger partial charge in [0.15, 0.2) is 0 Å². The summed E-state index contributed by atoms with van der Waals surface area (Å²) in [5, 5.41) is 24.8. The fourth-order valence-electron chi connectivity index (χ4n) is 0.882. The van der Waals surface area contributed by atoms with Crippen molar-refractivity contribution in [2.24, 2.45) is 0 Å². The zero-order valence-corrected chi connectivity index (χ0v) is 9.94. The Hall–Kier alpha value is -1.92. The van der Waals surface area contributed by atoms with Crippen LogP contribution in [0.25, 0.3) is 0 Å². The normalized spacial score (nSPS) is 10.8. The van der Waals surface area contributed by atoms with E-state index in [0.29, 0.717) is 5.56 Å². The minimum Gasteiger partial charge on any atom is -0.481 e. The van der Waals surface area contributed by atoms with Gasteiger partial charge in [-0.3, -0.25) is 4.79 Å². The molecule has 1 atom stereocenters. The number of benzene rings is 1. The van der Waals surface area contributed by atoms with Gasteiger partial charge in [-0.25, -0.2) is 4.79 Å². The fourth-order valence-corrected chi connectivity index (χ4v) is 0.882. The fraction of sp³-hybridized carbons (Fsp3) is 0.333. The summed E-state index contributed by atoms with van der Waals surface area (Å²) in [5.74, 6) is -1.34. The molecule has 0 saturated carbocycles. The highest BCUT2D eigenvalue weighted by atomic mass is 16.5. The van der Waals surface area contributed by atoms with Crippen LogP contribution in [0.15, 0.2) is 30.3 Å². The zero-order valence-electron chi connectivity index (χ0n) is 9.94. The maximum absolute atomic E-state index is 11.3. The Bertz CT molecular complexity index is 358. The minimum atomic E-state index is -1.01. The summed E-state index contributed by atoms with van der Waals surface area (Å²) in [6.07, 6.45) is -1.01. The number of carbonyl (C=O) groups is 2. The van der Waals surface area contributed by atoms with Gasteiger partial charge in [0.2, 0.25) is 0 Å². The number of rotatable bonds is 4. The van der Waals surface area contributed by atoms with Crippen molar-refractivity contribution in [3.05, 3.63) is 35.9 Å². The number of carboxylic acid groups (broad SMARTS) is 1. The van der Waals surface area contributed by atoms with Crippen LogP contribution in [-0.2, 0) is 9.53 Å². The molecule has 0 aliphatic rings. The number of aliphatic hydroxyl groups excluding tert-OH is 2. The quantitative estimate of drug-likeness (QED) is 0.669. The van der Waals surface area contributed by atoms with Gasteiger partial charge in [-0.1, -0.05) is 18.2 Å². The van der Waals surface area contributed by atoms with E-state index < -0.39 is 24.6 Å². The number of esters is 1. The smallest absolute Gasteiger partial charge is 0.338 e. The van der Waals surface area contributed by atoms with Gasteiger partial charge < -0.3 is 20.1 Å². The van der Waals surface area contributed by atoms with Crippen molar-refractivity contribution in [3.63, 3.8) is 0 Å². The van der Waals surface area contributed by atoms with Crippen molar-refractivity contribution in [3.8, 4) is 0 Å². The van der Waals surface area contributed by atoms with Crippen molar-refractivity contribution in [2.75, 3.05) is 13.2 Å². The SMILES string of the molecule is CC(=O)O.O=C(OCC(O)CO)c1ccccc1. The maximum Gasteiger partial charge on any atom is 0.338 e. The zero-order chi connectivity index (χ0) is 14.0. The number of aliphatic hydroxyl groups is 2. The van der Waals surface area contributed by atoms with Crippen LogP contribution in [0.2, 0.25) is 0 Å². The van der Waals surface area contributed by atoms with E-state index in [1.807, 2.05) is 0 Å². The first kappa shape index (κ1) is 16.1. The molecule has 6 nitrogen and oxygen atoms in total. The highest BCUT2D eigenvalue weighted by Gasteiger charge is 2.08. The Balaban J connectivity index is 0.000000631. The molecule has 0 heterocycles. The number of carboxylic acids is 1. The molecule has 0 radical (unpaired) electrons. The summed E-state index contributed by atoms with van der Waals surface area (Å²) in [4.78, 5) is 20.3. The third-order valence-corrected chi connectivity index (χ3v) is 1.63. The van der Waals surface area contributed by atoms with Crippen LogP contribution in [0.4, 0.5) is 0 Å². The predicted molar refractivity (Wildman–Crippen MR) is 63.1 cm³/mol. The number of carbonyl (C=O) groups excluding carboxylic acids is 1. The summed E-state index contributed by atoms with van der Waals surface area (Å²) < 4.78 is 4.73. The first-order chi connectivity index (χ1) is 8.47. The molecule has 100 valence electrons. The topological polar surface area (TPSA) is 104 Å². The highest BCUT2D eigenvalue weighted by molar-refractivity contribution is 5.89. The largest absolute Gasteiger partial charge is 0.481 e. The van der Waals surface area contributed by atoms with E-state index in [1.165, 1.54) is 0 Å². The summed E-state index contributed by atoms with van der Waals surface area (Å²) in [7, 11) is 0. The predicted octanol–water partition coefficient (Wildman–Crippen LogP) is 0.287. The van der Waals surface area contributed by atoms with Crippen molar-refractivity contribution in [2.45, 2.75) is 13.0 Å². The average Bonchev–Trinajstić information content (AvgIpc) is 2.35. The lowest BCUT2D eigenvalue weighted by Gasteiger charge is -2.07. The van der Waals surface area contributed by atoms with Gasteiger partial charge in [-0.15, -0.1) is 0 Å². The molecule has 1 unspecified atom stereocenters. The van der Waals surface area contributed by atoms with Gasteiger partial charge in [0.05, 0.1) is 12.2 Å². The van der Waals surface area contributed by atoms with Crippen LogP contribution >= 0.6 is 0 Å². The van der Waals surface area contributed by atoms with Gasteiger partial charge in [-0.2, -0.15) is 0 Å². The van der Waals surface area contributed by atoms with Gasteiger partial charge in [-0.05, 0) is 12.1 Å². The molecular weight excluding hydrogens is 240 g/mol. The van der Waals surface area contributed by atoms with Gasteiger partial charge in [0.25, 0.3) is 5.97 Å². The third kappa shape index (κ3) is 8.26. The number of hydrogen-bond donors (Lipinski definition) is 3. The van der Waals surface area contributed by atoms with Crippen LogP contribution in [-0.4, -0.2) is 46.6 Å². The standard InChI is InChI=1S/C10H12O4.C2H4O2/c11-6-9(12)7-14-10(13)8-4-2-1-3-5-8;1-2(3)4/h1-5,9,11-12H,6-7H2;1H3,(H,3,4). The molecule has 0 amide bonds. The number of ether oxygens (including phenoxy) is 1. The first-order valence-corrected chi connectivity index (χ1v) is 5.18. The lowest BCUT2D eigenvalue weighted by molar-refractivity contribution is -0.134. The van der Waals surface area contributed by atoms with E-state index in [1.54, 1.807) is 30.3 Å². The Morgan fingerprint density at radius 2 is 1.78 bits per heavy atom. The molecule has 1 rings (SSSR count). The lowest BCUT2D eigenvalue weighted by atomic mass is 10.2. The molecular formula is C12H16O6. The van der Waals surface area contributed by atoms with Crippen molar-refractivity contribution < 1.29 is 29.6 Å². The van der Waals surface area contributed by atoms with E-state index >= 15 is 0 Å². The van der Waals surface area contributed by atoms with Crippen LogP contribution in [0.3, 0.4) is 0 Å². The van der Waals surface area contributed by atoms with Crippen molar-refractivity contribution in [1.29, 1.82) is 0 Å². The van der Waals surface area contributed by atoms with Gasteiger partial charge in [0, 0.05) is 6.92 Å². The van der Waals surface area contributed by atoms with Crippen molar-refractivity contribution >= 4 is 11.9 Å². The second-order valence-electron chi connectivity index (χ2n) is 3.32. The Labute approximate surface area is 104 Å².